The zero-order valence-corrected chi connectivity index (χ0v) is 14.3. The first-order valence-corrected chi connectivity index (χ1v) is 8.39. The molecular weight excluding hydrogens is 242 g/mol. The van der Waals surface area contributed by atoms with E-state index in [1.807, 2.05) is 0 Å². The van der Waals surface area contributed by atoms with Gasteiger partial charge in [0.15, 0.2) is 0 Å². The first kappa shape index (κ1) is 17.1. The van der Waals surface area contributed by atoms with Crippen molar-refractivity contribution < 1.29 is 0 Å². The molecule has 1 N–H and O–H groups in total. The third kappa shape index (κ3) is 4.85. The molecule has 0 spiro atoms. The van der Waals surface area contributed by atoms with Crippen molar-refractivity contribution in [2.24, 2.45) is 0 Å². The summed E-state index contributed by atoms with van der Waals surface area (Å²) < 4.78 is 0. The minimum Gasteiger partial charge on any atom is -0.382 e. The van der Waals surface area contributed by atoms with E-state index in [9.17, 15) is 0 Å². The lowest BCUT2D eigenvalue weighted by molar-refractivity contribution is 0.585. The van der Waals surface area contributed by atoms with Crippen LogP contribution in [0.5, 0.6) is 0 Å². The topological polar surface area (TPSA) is 12.0 Å². The average Bonchev–Trinajstić information content (AvgIpc) is 2.39. The molecule has 0 aliphatic carbocycles. The van der Waals surface area contributed by atoms with Crippen molar-refractivity contribution in [3.8, 4) is 0 Å². The van der Waals surface area contributed by atoms with Crippen molar-refractivity contribution in [1.82, 2.24) is 0 Å². The molecule has 0 saturated carbocycles. The van der Waals surface area contributed by atoms with Crippen LogP contribution in [0.2, 0.25) is 0 Å². The van der Waals surface area contributed by atoms with Crippen LogP contribution in [-0.4, -0.2) is 6.04 Å². The quantitative estimate of drug-likeness (QED) is 0.586. The highest BCUT2D eigenvalue weighted by Crippen LogP contribution is 2.29. The Hall–Kier alpha value is -0.980. The van der Waals surface area contributed by atoms with E-state index in [1.165, 1.54) is 42.5 Å². The summed E-state index contributed by atoms with van der Waals surface area (Å²) in [6, 6.07) is 7.59. The van der Waals surface area contributed by atoms with Crippen molar-refractivity contribution in [3.63, 3.8) is 0 Å². The SMILES string of the molecule is CCCC(CCC)Nc1ccc(C(C)C)cc1C(C)C. The van der Waals surface area contributed by atoms with Gasteiger partial charge in [-0.3, -0.25) is 0 Å². The average molecular weight is 275 g/mol. The summed E-state index contributed by atoms with van der Waals surface area (Å²) in [6.45, 7) is 13.7. The molecule has 1 aromatic rings. The number of benzene rings is 1. The Kier molecular flexibility index (Phi) is 7.12. The molecule has 20 heavy (non-hydrogen) atoms. The highest BCUT2D eigenvalue weighted by molar-refractivity contribution is 5.55. The van der Waals surface area contributed by atoms with E-state index in [0.29, 0.717) is 17.9 Å². The summed E-state index contributed by atoms with van der Waals surface area (Å²) >= 11 is 0. The molecule has 0 radical (unpaired) electrons. The minimum absolute atomic E-state index is 0.570. The van der Waals surface area contributed by atoms with Crippen LogP contribution < -0.4 is 5.32 Å². The Morgan fingerprint density at radius 3 is 1.95 bits per heavy atom. The highest BCUT2D eigenvalue weighted by atomic mass is 14.9. The number of hydrogen-bond acceptors (Lipinski definition) is 1. The van der Waals surface area contributed by atoms with Crippen molar-refractivity contribution in [2.75, 3.05) is 5.32 Å². The second kappa shape index (κ2) is 8.34. The molecule has 0 bridgehead atoms. The lowest BCUT2D eigenvalue weighted by Crippen LogP contribution is -2.20. The fraction of sp³-hybridized carbons (Fsp3) is 0.684. The highest BCUT2D eigenvalue weighted by Gasteiger charge is 2.13. The summed E-state index contributed by atoms with van der Waals surface area (Å²) in [7, 11) is 0. The Morgan fingerprint density at radius 2 is 1.50 bits per heavy atom. The van der Waals surface area contributed by atoms with E-state index in [1.54, 1.807) is 0 Å². The van der Waals surface area contributed by atoms with Gasteiger partial charge >= 0.3 is 0 Å². The maximum absolute atomic E-state index is 3.80. The monoisotopic (exact) mass is 275 g/mol. The van der Waals surface area contributed by atoms with E-state index >= 15 is 0 Å². The Labute approximate surface area is 126 Å². The van der Waals surface area contributed by atoms with Gasteiger partial charge in [-0.15, -0.1) is 0 Å². The Bertz CT molecular complexity index is 387. The van der Waals surface area contributed by atoms with Crippen molar-refractivity contribution in [3.05, 3.63) is 29.3 Å². The third-order valence-corrected chi connectivity index (χ3v) is 4.00. The van der Waals surface area contributed by atoms with Gasteiger partial charge in [0.05, 0.1) is 0 Å². The zero-order chi connectivity index (χ0) is 15.1. The van der Waals surface area contributed by atoms with Gasteiger partial charge in [0, 0.05) is 11.7 Å². The number of nitrogens with one attached hydrogen (secondary N) is 1. The van der Waals surface area contributed by atoms with E-state index in [4.69, 9.17) is 0 Å². The van der Waals surface area contributed by atoms with Crippen LogP contribution in [-0.2, 0) is 0 Å². The second-order valence-corrected chi connectivity index (χ2v) is 6.57. The van der Waals surface area contributed by atoms with E-state index in [2.05, 4.69) is 65.1 Å². The minimum atomic E-state index is 0.570. The summed E-state index contributed by atoms with van der Waals surface area (Å²) in [5.41, 5.74) is 4.26. The van der Waals surface area contributed by atoms with Crippen molar-refractivity contribution in [2.45, 2.75) is 85.1 Å². The van der Waals surface area contributed by atoms with Crippen molar-refractivity contribution >= 4 is 5.69 Å². The molecule has 0 atom stereocenters. The molecule has 0 aromatic heterocycles. The smallest absolute Gasteiger partial charge is 0.0377 e. The Balaban J connectivity index is 2.97. The predicted octanol–water partition coefficient (Wildman–Crippen LogP) is 6.31. The van der Waals surface area contributed by atoms with Crippen LogP contribution in [0, 0.1) is 0 Å². The lowest BCUT2D eigenvalue weighted by Gasteiger charge is -2.23. The summed E-state index contributed by atoms with van der Waals surface area (Å²) in [6.07, 6.45) is 5.02. The largest absolute Gasteiger partial charge is 0.382 e. The molecule has 0 aliphatic rings. The molecule has 0 saturated heterocycles. The van der Waals surface area contributed by atoms with Gasteiger partial charge in [0.1, 0.15) is 0 Å². The molecule has 0 unspecified atom stereocenters. The molecule has 0 heterocycles. The number of rotatable bonds is 8. The molecule has 114 valence electrons. The second-order valence-electron chi connectivity index (χ2n) is 6.57. The zero-order valence-electron chi connectivity index (χ0n) is 14.3. The molecule has 1 nitrogen and oxygen atoms in total. The van der Waals surface area contributed by atoms with Crippen LogP contribution in [0.25, 0.3) is 0 Å². The molecule has 0 amide bonds. The van der Waals surface area contributed by atoms with Gasteiger partial charge < -0.3 is 5.32 Å². The molecule has 0 aliphatic heterocycles. The molecule has 1 aromatic carbocycles. The Morgan fingerprint density at radius 1 is 0.900 bits per heavy atom. The van der Waals surface area contributed by atoms with Crippen LogP contribution in [0.15, 0.2) is 18.2 Å². The van der Waals surface area contributed by atoms with Gasteiger partial charge in [0.2, 0.25) is 0 Å². The standard InChI is InChI=1S/C19H33N/c1-7-9-17(10-8-2)20-19-12-11-16(14(3)4)13-18(19)15(5)6/h11-15,17,20H,7-10H2,1-6H3. The molecule has 1 heteroatoms. The first-order valence-electron chi connectivity index (χ1n) is 8.39. The van der Waals surface area contributed by atoms with Gasteiger partial charge in [-0.1, -0.05) is 66.5 Å². The molecular formula is C19H33N. The third-order valence-electron chi connectivity index (χ3n) is 4.00. The fourth-order valence-corrected chi connectivity index (χ4v) is 2.75. The summed E-state index contributed by atoms with van der Waals surface area (Å²) in [4.78, 5) is 0. The number of anilines is 1. The van der Waals surface area contributed by atoms with Gasteiger partial charge in [-0.2, -0.15) is 0 Å². The van der Waals surface area contributed by atoms with Gasteiger partial charge in [0.25, 0.3) is 0 Å². The van der Waals surface area contributed by atoms with Crippen LogP contribution in [0.3, 0.4) is 0 Å². The van der Waals surface area contributed by atoms with Crippen LogP contribution in [0.1, 0.15) is 90.2 Å². The van der Waals surface area contributed by atoms with E-state index < -0.39 is 0 Å². The maximum atomic E-state index is 3.80. The maximum Gasteiger partial charge on any atom is 0.0377 e. The van der Waals surface area contributed by atoms with E-state index in [0.717, 1.165) is 0 Å². The summed E-state index contributed by atoms with van der Waals surface area (Å²) in [5, 5.41) is 3.80. The van der Waals surface area contributed by atoms with Crippen LogP contribution >= 0.6 is 0 Å². The summed E-state index contributed by atoms with van der Waals surface area (Å²) in [5.74, 6) is 1.17. The fourth-order valence-electron chi connectivity index (χ4n) is 2.75. The predicted molar refractivity (Wildman–Crippen MR) is 91.8 cm³/mol. The first-order chi connectivity index (χ1) is 9.49. The molecule has 0 fully saturated rings. The van der Waals surface area contributed by atoms with Gasteiger partial charge in [-0.05, 0) is 41.9 Å². The van der Waals surface area contributed by atoms with Crippen molar-refractivity contribution in [1.29, 1.82) is 0 Å². The van der Waals surface area contributed by atoms with Crippen LogP contribution in [0.4, 0.5) is 5.69 Å². The number of hydrogen-bond donors (Lipinski definition) is 1. The van der Waals surface area contributed by atoms with Gasteiger partial charge in [-0.25, -0.2) is 0 Å². The van der Waals surface area contributed by atoms with E-state index in [-0.39, 0.29) is 0 Å². The lowest BCUT2D eigenvalue weighted by atomic mass is 9.93. The normalized spacial score (nSPS) is 11.7. The molecule has 1 rings (SSSR count).